The molecule has 0 aliphatic heterocycles. The van der Waals surface area contributed by atoms with E-state index in [4.69, 9.17) is 0 Å². The third-order valence-corrected chi connectivity index (χ3v) is 5.97. The molecule has 4 nitrogen and oxygen atoms in total. The molecule has 148 valence electrons. The fourth-order valence-corrected chi connectivity index (χ4v) is 4.52. The first kappa shape index (κ1) is 18.7. The normalized spacial score (nSPS) is 11.3. The molecule has 0 atom stereocenters. The van der Waals surface area contributed by atoms with Crippen LogP contribution in [0.25, 0.3) is 39.2 Å². The van der Waals surface area contributed by atoms with Crippen LogP contribution < -0.4 is 0 Å². The van der Waals surface area contributed by atoms with Gasteiger partial charge in [-0.2, -0.15) is 0 Å². The van der Waals surface area contributed by atoms with Crippen LogP contribution in [0.5, 0.6) is 0 Å². The van der Waals surface area contributed by atoms with E-state index in [1.54, 1.807) is 11.8 Å². The van der Waals surface area contributed by atoms with Crippen molar-refractivity contribution in [3.63, 3.8) is 0 Å². The molecule has 0 amide bonds. The maximum Gasteiger partial charge on any atom is 0.196 e. The summed E-state index contributed by atoms with van der Waals surface area (Å²) < 4.78 is 2.15. The lowest BCUT2D eigenvalue weighted by Crippen LogP contribution is -2.00. The number of nitrogens with one attached hydrogen (secondary N) is 1. The number of para-hydroxylation sites is 1. The highest BCUT2D eigenvalue weighted by molar-refractivity contribution is 7.99. The molecule has 0 unspecified atom stereocenters. The van der Waals surface area contributed by atoms with Crippen LogP contribution in [0.1, 0.15) is 12.5 Å². The number of nitrogens with zero attached hydrogens (tertiary/aromatic N) is 3. The first-order chi connectivity index (χ1) is 14.8. The quantitative estimate of drug-likeness (QED) is 0.336. The van der Waals surface area contributed by atoms with Crippen molar-refractivity contribution in [1.82, 2.24) is 19.7 Å². The van der Waals surface area contributed by atoms with Crippen molar-refractivity contribution in [3.8, 4) is 28.3 Å². The average Bonchev–Trinajstić information content (AvgIpc) is 3.36. The number of aromatic amines is 1. The van der Waals surface area contributed by atoms with Gasteiger partial charge in [0.25, 0.3) is 0 Å². The average molecular weight is 411 g/mol. The maximum atomic E-state index is 4.65. The van der Waals surface area contributed by atoms with Crippen LogP contribution in [0, 0.1) is 6.92 Å². The molecule has 1 N–H and O–H groups in total. The van der Waals surface area contributed by atoms with E-state index in [0.717, 1.165) is 44.8 Å². The Hall–Kier alpha value is -3.31. The van der Waals surface area contributed by atoms with Crippen molar-refractivity contribution in [2.24, 2.45) is 0 Å². The van der Waals surface area contributed by atoms with Crippen molar-refractivity contribution in [2.45, 2.75) is 19.0 Å². The second kappa shape index (κ2) is 7.84. The fourth-order valence-electron chi connectivity index (χ4n) is 3.84. The summed E-state index contributed by atoms with van der Waals surface area (Å²) in [7, 11) is 0. The standard InChI is InChI=1S/C25H22N4S/c1-3-30-25-28-27-24(29(25)19-12-8-5-9-13-19)23-22(18-10-6-4-7-11-18)20-16-17(2)14-15-21(20)26-23/h4-16,26H,3H2,1-2H3. The van der Waals surface area contributed by atoms with Crippen LogP contribution in [0.4, 0.5) is 0 Å². The second-order valence-electron chi connectivity index (χ2n) is 7.20. The van der Waals surface area contributed by atoms with Gasteiger partial charge in [0.2, 0.25) is 0 Å². The van der Waals surface area contributed by atoms with Gasteiger partial charge in [0, 0.05) is 22.2 Å². The summed E-state index contributed by atoms with van der Waals surface area (Å²) in [5.41, 5.74) is 6.70. The molecule has 5 heteroatoms. The van der Waals surface area contributed by atoms with E-state index >= 15 is 0 Å². The SMILES string of the molecule is CCSc1nnc(-c2[nH]c3ccc(C)cc3c2-c2ccccc2)n1-c1ccccc1. The zero-order chi connectivity index (χ0) is 20.5. The van der Waals surface area contributed by atoms with Gasteiger partial charge in [0.1, 0.15) is 0 Å². The van der Waals surface area contributed by atoms with Crippen LogP contribution in [0.15, 0.2) is 84.0 Å². The number of rotatable bonds is 5. The van der Waals surface area contributed by atoms with Crippen LogP contribution in [0.3, 0.4) is 0 Å². The number of hydrogen-bond acceptors (Lipinski definition) is 3. The minimum Gasteiger partial charge on any atom is -0.351 e. The summed E-state index contributed by atoms with van der Waals surface area (Å²) in [6.07, 6.45) is 0. The lowest BCUT2D eigenvalue weighted by molar-refractivity contribution is 0.886. The summed E-state index contributed by atoms with van der Waals surface area (Å²) in [4.78, 5) is 3.64. The summed E-state index contributed by atoms with van der Waals surface area (Å²) in [5, 5.41) is 11.3. The van der Waals surface area contributed by atoms with Crippen molar-refractivity contribution in [2.75, 3.05) is 5.75 Å². The van der Waals surface area contributed by atoms with Gasteiger partial charge < -0.3 is 4.98 Å². The van der Waals surface area contributed by atoms with E-state index in [9.17, 15) is 0 Å². The van der Waals surface area contributed by atoms with E-state index < -0.39 is 0 Å². The summed E-state index contributed by atoms with van der Waals surface area (Å²) in [6.45, 7) is 4.26. The lowest BCUT2D eigenvalue weighted by Gasteiger charge is -2.11. The van der Waals surface area contributed by atoms with Gasteiger partial charge in [-0.3, -0.25) is 4.57 Å². The van der Waals surface area contributed by atoms with Crippen LogP contribution in [0.2, 0.25) is 0 Å². The molecule has 0 radical (unpaired) electrons. The Morgan fingerprint density at radius 2 is 1.63 bits per heavy atom. The third-order valence-electron chi connectivity index (χ3n) is 5.16. The van der Waals surface area contributed by atoms with E-state index in [-0.39, 0.29) is 0 Å². The molecule has 0 saturated carbocycles. The largest absolute Gasteiger partial charge is 0.351 e. The Morgan fingerprint density at radius 3 is 2.37 bits per heavy atom. The third kappa shape index (κ3) is 3.21. The van der Waals surface area contributed by atoms with E-state index in [1.807, 2.05) is 24.3 Å². The predicted molar refractivity (Wildman–Crippen MR) is 125 cm³/mol. The van der Waals surface area contributed by atoms with Crippen molar-refractivity contribution in [1.29, 1.82) is 0 Å². The molecule has 0 saturated heterocycles. The Balaban J connectivity index is 1.83. The zero-order valence-corrected chi connectivity index (χ0v) is 17.8. The Kier molecular flexibility index (Phi) is 4.89. The fraction of sp³-hybridized carbons (Fsp3) is 0.120. The highest BCUT2D eigenvalue weighted by Crippen LogP contribution is 2.39. The first-order valence-corrected chi connectivity index (χ1v) is 11.1. The summed E-state index contributed by atoms with van der Waals surface area (Å²) >= 11 is 1.70. The number of hydrogen-bond donors (Lipinski definition) is 1. The Morgan fingerprint density at radius 1 is 0.900 bits per heavy atom. The topological polar surface area (TPSA) is 46.5 Å². The number of fused-ring (bicyclic) bond motifs is 1. The number of thioether (sulfide) groups is 1. The highest BCUT2D eigenvalue weighted by atomic mass is 32.2. The van der Waals surface area contributed by atoms with Gasteiger partial charge in [0.05, 0.1) is 5.69 Å². The highest BCUT2D eigenvalue weighted by Gasteiger charge is 2.22. The van der Waals surface area contributed by atoms with Crippen LogP contribution in [-0.4, -0.2) is 25.5 Å². The summed E-state index contributed by atoms with van der Waals surface area (Å²) in [6, 6.07) is 27.3. The molecule has 0 bridgehead atoms. The Labute approximate surface area is 180 Å². The maximum absolute atomic E-state index is 4.65. The number of benzene rings is 3. The molecule has 0 aliphatic carbocycles. The molecule has 2 aromatic heterocycles. The number of aryl methyl sites for hydroxylation is 1. The molecule has 0 fully saturated rings. The van der Waals surface area contributed by atoms with Gasteiger partial charge in [-0.15, -0.1) is 10.2 Å². The Bertz CT molecular complexity index is 1300. The van der Waals surface area contributed by atoms with Crippen LogP contribution >= 0.6 is 11.8 Å². The monoisotopic (exact) mass is 410 g/mol. The molecule has 2 heterocycles. The molecular formula is C25H22N4S. The van der Waals surface area contributed by atoms with Gasteiger partial charge in [-0.25, -0.2) is 0 Å². The van der Waals surface area contributed by atoms with Crippen molar-refractivity contribution >= 4 is 22.7 Å². The van der Waals surface area contributed by atoms with Gasteiger partial charge >= 0.3 is 0 Å². The number of H-pyrrole nitrogens is 1. The van der Waals surface area contributed by atoms with Gasteiger partial charge in [0.15, 0.2) is 11.0 Å². The lowest BCUT2D eigenvalue weighted by atomic mass is 10.0. The zero-order valence-electron chi connectivity index (χ0n) is 17.0. The smallest absolute Gasteiger partial charge is 0.196 e. The van der Waals surface area contributed by atoms with E-state index in [1.165, 1.54) is 10.9 Å². The van der Waals surface area contributed by atoms with Crippen LogP contribution in [-0.2, 0) is 0 Å². The molecule has 0 aliphatic rings. The second-order valence-corrected chi connectivity index (χ2v) is 8.43. The number of aromatic nitrogens is 4. The molecular weight excluding hydrogens is 388 g/mol. The predicted octanol–water partition coefficient (Wildman–Crippen LogP) is 6.50. The van der Waals surface area contributed by atoms with Crippen molar-refractivity contribution < 1.29 is 0 Å². The van der Waals surface area contributed by atoms with Gasteiger partial charge in [-0.1, -0.05) is 78.8 Å². The molecule has 3 aromatic carbocycles. The van der Waals surface area contributed by atoms with Crippen molar-refractivity contribution in [3.05, 3.63) is 84.4 Å². The molecule has 30 heavy (non-hydrogen) atoms. The minimum absolute atomic E-state index is 0.824. The van der Waals surface area contributed by atoms with E-state index in [2.05, 4.69) is 88.2 Å². The molecule has 0 spiro atoms. The summed E-state index contributed by atoms with van der Waals surface area (Å²) in [5.74, 6) is 1.76. The van der Waals surface area contributed by atoms with E-state index in [0.29, 0.717) is 0 Å². The molecule has 5 rings (SSSR count). The molecule has 5 aromatic rings. The minimum atomic E-state index is 0.824. The van der Waals surface area contributed by atoms with Gasteiger partial charge in [-0.05, 0) is 42.5 Å². The first-order valence-electron chi connectivity index (χ1n) is 10.1.